The van der Waals surface area contributed by atoms with Gasteiger partial charge in [-0.25, -0.2) is 9.79 Å². The number of methoxy groups -OCH3 is 1. The topological polar surface area (TPSA) is 66.4 Å². The number of urea groups is 1. The number of nitrogens with zero attached hydrogens (tertiary/aromatic N) is 3. The van der Waals surface area contributed by atoms with Gasteiger partial charge in [0, 0.05) is 37.9 Å². The van der Waals surface area contributed by atoms with Crippen LogP contribution in [0.5, 0.6) is 17.2 Å². The summed E-state index contributed by atoms with van der Waals surface area (Å²) in [5.74, 6) is 3.46. The molecule has 7 nitrogen and oxygen atoms in total. The maximum atomic E-state index is 13.0. The summed E-state index contributed by atoms with van der Waals surface area (Å²) in [6.07, 6.45) is 0.840. The van der Waals surface area contributed by atoms with Crippen molar-refractivity contribution in [2.75, 3.05) is 38.6 Å². The Balaban J connectivity index is 1.35. The van der Waals surface area contributed by atoms with Gasteiger partial charge in [-0.1, -0.05) is 38.1 Å². The molecule has 3 aromatic rings. The van der Waals surface area contributed by atoms with Crippen molar-refractivity contribution in [2.24, 2.45) is 4.99 Å². The number of amidine groups is 1. The van der Waals surface area contributed by atoms with Gasteiger partial charge in [0.1, 0.15) is 23.0 Å². The van der Waals surface area contributed by atoms with E-state index in [9.17, 15) is 4.79 Å². The Morgan fingerprint density at radius 1 is 0.972 bits per heavy atom. The van der Waals surface area contributed by atoms with Gasteiger partial charge in [-0.05, 0) is 54.3 Å². The predicted octanol–water partition coefficient (Wildman–Crippen LogP) is 6.24. The Kier molecular flexibility index (Phi) is 6.80. The molecule has 0 radical (unpaired) electrons. The number of ether oxygens (including phenoxy) is 2. The molecule has 0 saturated carbocycles. The minimum atomic E-state index is -0.0734. The van der Waals surface area contributed by atoms with Gasteiger partial charge in [0.2, 0.25) is 0 Å². The molecule has 7 heteroatoms. The van der Waals surface area contributed by atoms with Crippen LogP contribution in [0.3, 0.4) is 0 Å². The monoisotopic (exact) mass is 484 g/mol. The molecule has 0 aromatic heterocycles. The number of amides is 2. The summed E-state index contributed by atoms with van der Waals surface area (Å²) in [5, 5.41) is 3.06. The summed E-state index contributed by atoms with van der Waals surface area (Å²) < 4.78 is 11.7. The summed E-state index contributed by atoms with van der Waals surface area (Å²) in [5.41, 5.74) is 3.77. The molecule has 1 fully saturated rings. The molecule has 1 N–H and O–H groups in total. The Morgan fingerprint density at radius 2 is 1.78 bits per heavy atom. The quantitative estimate of drug-likeness (QED) is 0.478. The number of aliphatic imine (C=N–C) groups is 1. The Bertz CT molecular complexity index is 1270. The fourth-order valence-electron chi connectivity index (χ4n) is 4.55. The van der Waals surface area contributed by atoms with Crippen LogP contribution in [-0.4, -0.2) is 55.0 Å². The summed E-state index contributed by atoms with van der Waals surface area (Å²) in [7, 11) is 1.65. The molecule has 0 unspecified atom stereocenters. The van der Waals surface area contributed by atoms with Crippen molar-refractivity contribution >= 4 is 23.2 Å². The normalized spacial score (nSPS) is 15.2. The van der Waals surface area contributed by atoms with Crippen LogP contribution in [-0.2, 0) is 0 Å². The van der Waals surface area contributed by atoms with Crippen molar-refractivity contribution in [1.29, 1.82) is 0 Å². The van der Waals surface area contributed by atoms with E-state index >= 15 is 0 Å². The van der Waals surface area contributed by atoms with Gasteiger partial charge in [0.05, 0.1) is 12.7 Å². The molecule has 0 aliphatic carbocycles. The Labute approximate surface area is 212 Å². The van der Waals surface area contributed by atoms with Gasteiger partial charge < -0.3 is 24.6 Å². The summed E-state index contributed by atoms with van der Waals surface area (Å²) in [6, 6.07) is 21.6. The third-order valence-electron chi connectivity index (χ3n) is 6.65. The van der Waals surface area contributed by atoms with Gasteiger partial charge in [-0.2, -0.15) is 0 Å². The largest absolute Gasteiger partial charge is 0.497 e. The second-order valence-electron chi connectivity index (χ2n) is 9.40. The average molecular weight is 485 g/mol. The molecule has 0 atom stereocenters. The van der Waals surface area contributed by atoms with E-state index in [2.05, 4.69) is 36.2 Å². The zero-order chi connectivity index (χ0) is 25.1. The Hall–Kier alpha value is -4.00. The smallest absolute Gasteiger partial charge is 0.321 e. The van der Waals surface area contributed by atoms with E-state index in [0.29, 0.717) is 37.1 Å². The molecule has 186 valence electrons. The van der Waals surface area contributed by atoms with Crippen LogP contribution in [0.15, 0.2) is 71.7 Å². The predicted molar refractivity (Wildman–Crippen MR) is 143 cm³/mol. The first kappa shape index (κ1) is 23.7. The molecule has 2 aliphatic heterocycles. The molecule has 1 saturated heterocycles. The van der Waals surface area contributed by atoms with Gasteiger partial charge in [-0.3, -0.25) is 0 Å². The third-order valence-corrected chi connectivity index (χ3v) is 6.65. The number of fused-ring (bicyclic) bond motifs is 2. The molecule has 2 amide bonds. The van der Waals surface area contributed by atoms with E-state index in [1.54, 1.807) is 7.11 Å². The van der Waals surface area contributed by atoms with Gasteiger partial charge in [-0.15, -0.1) is 0 Å². The minimum Gasteiger partial charge on any atom is -0.497 e. The number of rotatable bonds is 3. The van der Waals surface area contributed by atoms with Crippen LogP contribution in [0.25, 0.3) is 0 Å². The molecule has 2 heterocycles. The van der Waals surface area contributed by atoms with Crippen molar-refractivity contribution in [2.45, 2.75) is 26.2 Å². The number of nitrogens with one attached hydrogen (secondary N) is 1. The highest BCUT2D eigenvalue weighted by molar-refractivity contribution is 6.04. The zero-order valence-corrected chi connectivity index (χ0v) is 21.0. The second kappa shape index (κ2) is 10.3. The van der Waals surface area contributed by atoms with Crippen molar-refractivity contribution in [3.8, 4) is 17.2 Å². The number of carbonyl (C=O) groups is 1. The lowest BCUT2D eigenvalue weighted by Crippen LogP contribution is -2.39. The SMILES string of the molecule is COc1ccc2c(c1)Oc1ccccc1N=C2N1CCCN(C(=O)Nc2ccc(C(C)C)cc2)CC1. The lowest BCUT2D eigenvalue weighted by atomic mass is 10.0. The van der Waals surface area contributed by atoms with Crippen LogP contribution >= 0.6 is 0 Å². The number of anilines is 1. The van der Waals surface area contributed by atoms with Gasteiger partial charge >= 0.3 is 6.03 Å². The average Bonchev–Trinajstić information content (AvgIpc) is 3.23. The highest BCUT2D eigenvalue weighted by Crippen LogP contribution is 2.39. The first-order chi connectivity index (χ1) is 17.5. The molecule has 0 bridgehead atoms. The Morgan fingerprint density at radius 3 is 2.56 bits per heavy atom. The number of carbonyl (C=O) groups excluding carboxylic acids is 1. The van der Waals surface area contributed by atoms with Crippen molar-refractivity contribution in [1.82, 2.24) is 9.80 Å². The van der Waals surface area contributed by atoms with Crippen LogP contribution in [0.4, 0.5) is 16.2 Å². The second-order valence-corrected chi connectivity index (χ2v) is 9.40. The standard InChI is InChI=1S/C29H32N4O3/c1-20(2)21-9-11-22(12-10-21)30-29(34)33-16-6-15-32(17-18-33)28-24-14-13-23(35-3)19-27(24)36-26-8-5-4-7-25(26)31-28/h4-5,7-14,19-20H,6,15-18H2,1-3H3,(H,30,34). The molecular formula is C29H32N4O3. The molecule has 5 rings (SSSR count). The first-order valence-corrected chi connectivity index (χ1v) is 12.5. The van der Waals surface area contributed by atoms with Crippen LogP contribution in [0.2, 0.25) is 0 Å². The van der Waals surface area contributed by atoms with Crippen LogP contribution in [0.1, 0.15) is 37.3 Å². The van der Waals surface area contributed by atoms with Crippen molar-refractivity contribution in [3.05, 3.63) is 77.9 Å². The maximum absolute atomic E-state index is 13.0. The molecule has 3 aromatic carbocycles. The molecule has 36 heavy (non-hydrogen) atoms. The fourth-order valence-corrected chi connectivity index (χ4v) is 4.55. The number of benzene rings is 3. The molecule has 2 aliphatic rings. The highest BCUT2D eigenvalue weighted by Gasteiger charge is 2.26. The minimum absolute atomic E-state index is 0.0734. The van der Waals surface area contributed by atoms with Crippen LogP contribution in [0, 0.1) is 0 Å². The van der Waals surface area contributed by atoms with E-state index in [0.717, 1.165) is 41.5 Å². The van der Waals surface area contributed by atoms with E-state index < -0.39 is 0 Å². The number of hydrogen-bond acceptors (Lipinski definition) is 5. The third kappa shape index (κ3) is 5.00. The van der Waals surface area contributed by atoms with E-state index in [4.69, 9.17) is 14.5 Å². The van der Waals surface area contributed by atoms with E-state index in [-0.39, 0.29) is 6.03 Å². The maximum Gasteiger partial charge on any atom is 0.321 e. The summed E-state index contributed by atoms with van der Waals surface area (Å²) >= 11 is 0. The lowest BCUT2D eigenvalue weighted by Gasteiger charge is -2.25. The molecule has 0 spiro atoms. The summed E-state index contributed by atoms with van der Waals surface area (Å²) in [4.78, 5) is 22.2. The van der Waals surface area contributed by atoms with E-state index in [1.165, 1.54) is 5.56 Å². The number of hydrogen-bond donors (Lipinski definition) is 1. The first-order valence-electron chi connectivity index (χ1n) is 12.5. The van der Waals surface area contributed by atoms with E-state index in [1.807, 2.05) is 59.5 Å². The van der Waals surface area contributed by atoms with Gasteiger partial charge in [0.25, 0.3) is 0 Å². The summed E-state index contributed by atoms with van der Waals surface area (Å²) in [6.45, 7) is 7.07. The lowest BCUT2D eigenvalue weighted by molar-refractivity contribution is 0.214. The van der Waals surface area contributed by atoms with Crippen LogP contribution < -0.4 is 14.8 Å². The van der Waals surface area contributed by atoms with Crippen molar-refractivity contribution < 1.29 is 14.3 Å². The zero-order valence-electron chi connectivity index (χ0n) is 21.0. The van der Waals surface area contributed by atoms with Gasteiger partial charge in [0.15, 0.2) is 5.75 Å². The highest BCUT2D eigenvalue weighted by atomic mass is 16.5. The molecular weight excluding hydrogens is 452 g/mol. The van der Waals surface area contributed by atoms with Crippen molar-refractivity contribution in [3.63, 3.8) is 0 Å². The number of para-hydroxylation sites is 2. The fraction of sp³-hybridized carbons (Fsp3) is 0.310.